The Bertz CT molecular complexity index is 1250. The Morgan fingerprint density at radius 1 is 0.897 bits per heavy atom. The first-order valence-corrected chi connectivity index (χ1v) is 8.90. The van der Waals surface area contributed by atoms with Crippen LogP contribution in [0.2, 0.25) is 0 Å². The molecule has 0 saturated carbocycles. The fraction of sp³-hybridized carbons (Fsp3) is 0.100. The van der Waals surface area contributed by atoms with Gasteiger partial charge in [-0.05, 0) is 11.1 Å². The lowest BCUT2D eigenvalue weighted by Crippen LogP contribution is -2.50. The highest BCUT2D eigenvalue weighted by Gasteiger charge is 2.68. The molecule has 4 aliphatic rings. The van der Waals surface area contributed by atoms with Gasteiger partial charge in [-0.3, -0.25) is 19.7 Å². The summed E-state index contributed by atoms with van der Waals surface area (Å²) in [6, 6.07) is 13.9. The summed E-state index contributed by atoms with van der Waals surface area (Å²) in [5.74, 6) is -1.86. The summed E-state index contributed by atoms with van der Waals surface area (Å²) in [6.07, 6.45) is 2.44. The van der Waals surface area contributed by atoms with Crippen LogP contribution in [0.5, 0.6) is 0 Å². The quantitative estimate of drug-likeness (QED) is 0.373. The zero-order valence-electron chi connectivity index (χ0n) is 14.7. The molecule has 7 rings (SSSR count). The fourth-order valence-corrected chi connectivity index (χ4v) is 5.00. The van der Waals surface area contributed by atoms with Gasteiger partial charge in [0.1, 0.15) is 18.2 Å². The highest BCUT2D eigenvalue weighted by atomic mass is 16.6. The Labute approximate surface area is 163 Å². The van der Waals surface area contributed by atoms with Crippen LogP contribution in [0, 0.1) is 10.1 Å². The molecule has 0 unspecified atom stereocenters. The molecule has 29 heavy (non-hydrogen) atoms. The Morgan fingerprint density at radius 3 is 2.00 bits per heavy atom. The minimum Gasteiger partial charge on any atom is -0.267 e. The molecule has 3 aromatic rings. The summed E-state index contributed by atoms with van der Waals surface area (Å²) in [7, 11) is 0. The molecule has 2 bridgehead atoms. The van der Waals surface area contributed by atoms with Gasteiger partial charge < -0.3 is 0 Å². The standard InChI is InChI=1S/C20H11N5O4/c26-18-16-15-11-5-1-3-7-13(11)20(25(28)29,14-8-4-2-6-12(14)15)17(16)19(27)24(18)23-9-21-22-10-23/h1-10,15H. The molecule has 0 fully saturated rings. The average Bonchev–Trinajstić information content (AvgIpc) is 3.35. The number of carbonyl (C=O) groups excluding carboxylic acids is 2. The van der Waals surface area contributed by atoms with Crippen LogP contribution in [-0.4, -0.2) is 31.6 Å². The summed E-state index contributed by atoms with van der Waals surface area (Å²) >= 11 is 0. The second kappa shape index (κ2) is 5.02. The van der Waals surface area contributed by atoms with E-state index in [1.165, 1.54) is 12.7 Å². The van der Waals surface area contributed by atoms with Crippen LogP contribution < -0.4 is 5.01 Å². The topological polar surface area (TPSA) is 111 Å². The first kappa shape index (κ1) is 15.9. The molecule has 140 valence electrons. The molecule has 2 amide bonds. The van der Waals surface area contributed by atoms with E-state index in [2.05, 4.69) is 10.2 Å². The number of nitro groups is 1. The minimum absolute atomic E-state index is 0.0939. The lowest BCUT2D eigenvalue weighted by Gasteiger charge is -2.42. The predicted molar refractivity (Wildman–Crippen MR) is 97.8 cm³/mol. The Hall–Kier alpha value is -4.14. The third-order valence-corrected chi connectivity index (χ3v) is 5.98. The summed E-state index contributed by atoms with van der Waals surface area (Å²) in [5, 5.41) is 20.9. The van der Waals surface area contributed by atoms with Crippen LogP contribution in [0.15, 0.2) is 72.3 Å². The van der Waals surface area contributed by atoms with Crippen molar-refractivity contribution in [3.8, 4) is 0 Å². The van der Waals surface area contributed by atoms with Crippen molar-refractivity contribution in [1.82, 2.24) is 14.9 Å². The minimum atomic E-state index is -1.94. The molecular weight excluding hydrogens is 374 g/mol. The van der Waals surface area contributed by atoms with Gasteiger partial charge in [0.25, 0.3) is 11.8 Å². The van der Waals surface area contributed by atoms with Crippen molar-refractivity contribution in [2.75, 3.05) is 5.01 Å². The van der Waals surface area contributed by atoms with E-state index in [9.17, 15) is 19.7 Å². The highest BCUT2D eigenvalue weighted by molar-refractivity contribution is 6.31. The lowest BCUT2D eigenvalue weighted by molar-refractivity contribution is -0.554. The maximum atomic E-state index is 13.4. The van der Waals surface area contributed by atoms with Crippen molar-refractivity contribution < 1.29 is 14.5 Å². The number of imide groups is 1. The molecule has 0 spiro atoms. The number of hydrogen-bond acceptors (Lipinski definition) is 6. The first-order valence-electron chi connectivity index (χ1n) is 8.90. The van der Waals surface area contributed by atoms with Crippen LogP contribution in [0.3, 0.4) is 0 Å². The van der Waals surface area contributed by atoms with Gasteiger partial charge in [-0.2, -0.15) is 5.01 Å². The van der Waals surface area contributed by atoms with Crippen molar-refractivity contribution in [2.24, 2.45) is 0 Å². The van der Waals surface area contributed by atoms with Crippen molar-refractivity contribution in [3.63, 3.8) is 0 Å². The van der Waals surface area contributed by atoms with Gasteiger partial charge in [-0.25, -0.2) is 4.68 Å². The van der Waals surface area contributed by atoms with Crippen molar-refractivity contribution in [2.45, 2.75) is 11.5 Å². The molecule has 2 heterocycles. The van der Waals surface area contributed by atoms with Gasteiger partial charge in [0.2, 0.25) is 0 Å². The molecule has 0 saturated heterocycles. The summed E-state index contributed by atoms with van der Waals surface area (Å²) in [4.78, 5) is 39.1. The van der Waals surface area contributed by atoms with E-state index >= 15 is 0 Å². The van der Waals surface area contributed by atoms with E-state index in [1.807, 2.05) is 0 Å². The third kappa shape index (κ3) is 1.58. The van der Waals surface area contributed by atoms with E-state index < -0.39 is 28.2 Å². The molecule has 1 aromatic heterocycles. The van der Waals surface area contributed by atoms with E-state index in [0.29, 0.717) is 22.3 Å². The monoisotopic (exact) mass is 385 g/mol. The summed E-state index contributed by atoms with van der Waals surface area (Å²) < 4.78 is 1.16. The molecule has 0 radical (unpaired) electrons. The molecular formula is C20H11N5O4. The largest absolute Gasteiger partial charge is 0.303 e. The number of aromatic nitrogens is 3. The summed E-state index contributed by atoms with van der Waals surface area (Å²) in [6.45, 7) is 0. The van der Waals surface area contributed by atoms with E-state index in [1.54, 1.807) is 48.5 Å². The number of carbonyl (C=O) groups is 2. The Kier molecular flexibility index (Phi) is 2.75. The van der Waals surface area contributed by atoms with Crippen LogP contribution >= 0.6 is 0 Å². The average molecular weight is 385 g/mol. The predicted octanol–water partition coefficient (Wildman–Crippen LogP) is 1.26. The van der Waals surface area contributed by atoms with Gasteiger partial charge >= 0.3 is 5.54 Å². The number of hydrogen-bond donors (Lipinski definition) is 0. The van der Waals surface area contributed by atoms with Crippen LogP contribution in [0.1, 0.15) is 28.2 Å². The molecule has 9 heteroatoms. The van der Waals surface area contributed by atoms with Gasteiger partial charge in [0, 0.05) is 27.5 Å². The summed E-state index contributed by atoms with van der Waals surface area (Å²) in [5.41, 5.74) is 0.328. The van der Waals surface area contributed by atoms with Gasteiger partial charge in [-0.15, -0.1) is 10.2 Å². The Morgan fingerprint density at radius 2 is 1.45 bits per heavy atom. The van der Waals surface area contributed by atoms with Crippen LogP contribution in [0.25, 0.3) is 0 Å². The maximum Gasteiger partial charge on any atom is 0.303 e. The molecule has 0 N–H and O–H groups in total. The SMILES string of the molecule is O=C1C2=C(C(=O)N1n1cnnc1)C1([N+](=O)[O-])c3ccccc3C2c2ccccc21. The van der Waals surface area contributed by atoms with Gasteiger partial charge in [-0.1, -0.05) is 48.5 Å². The van der Waals surface area contributed by atoms with Crippen molar-refractivity contribution in [1.29, 1.82) is 0 Å². The van der Waals surface area contributed by atoms with E-state index in [4.69, 9.17) is 0 Å². The number of rotatable bonds is 2. The zero-order valence-corrected chi connectivity index (χ0v) is 14.7. The Balaban J connectivity index is 1.74. The molecule has 1 aliphatic heterocycles. The smallest absolute Gasteiger partial charge is 0.267 e. The van der Waals surface area contributed by atoms with Crippen LogP contribution in [-0.2, 0) is 15.1 Å². The lowest BCUT2D eigenvalue weighted by atomic mass is 9.57. The molecule has 2 aromatic carbocycles. The molecule has 9 nitrogen and oxygen atoms in total. The van der Waals surface area contributed by atoms with Crippen molar-refractivity contribution in [3.05, 3.63) is 105 Å². The second-order valence-electron chi connectivity index (χ2n) is 7.13. The first-order chi connectivity index (χ1) is 14.1. The number of amides is 2. The maximum absolute atomic E-state index is 13.4. The normalized spacial score (nSPS) is 23.9. The van der Waals surface area contributed by atoms with Crippen LogP contribution in [0.4, 0.5) is 0 Å². The third-order valence-electron chi connectivity index (χ3n) is 5.98. The van der Waals surface area contributed by atoms with E-state index in [0.717, 1.165) is 9.69 Å². The zero-order chi connectivity index (χ0) is 19.9. The highest BCUT2D eigenvalue weighted by Crippen LogP contribution is 2.60. The second-order valence-corrected chi connectivity index (χ2v) is 7.13. The fourth-order valence-electron chi connectivity index (χ4n) is 5.00. The van der Waals surface area contributed by atoms with Crippen molar-refractivity contribution >= 4 is 11.8 Å². The van der Waals surface area contributed by atoms with Gasteiger partial charge in [0.15, 0.2) is 0 Å². The molecule has 3 aliphatic carbocycles. The van der Waals surface area contributed by atoms with Gasteiger partial charge in [0.05, 0.1) is 0 Å². The number of nitrogens with zero attached hydrogens (tertiary/aromatic N) is 5. The molecule has 0 atom stereocenters. The number of benzene rings is 2. The van der Waals surface area contributed by atoms with E-state index in [-0.39, 0.29) is 11.1 Å².